The van der Waals surface area contributed by atoms with Crippen molar-refractivity contribution >= 4 is 11.9 Å². The zero-order valence-electron chi connectivity index (χ0n) is 16.9. The number of carbonyl (C=O) groups excluding carboxylic acids is 1. The summed E-state index contributed by atoms with van der Waals surface area (Å²) in [6.45, 7) is 4.62. The van der Waals surface area contributed by atoms with Crippen LogP contribution in [-0.2, 0) is 11.3 Å². The first kappa shape index (κ1) is 20.4. The third kappa shape index (κ3) is 7.02. The second-order valence-electron chi connectivity index (χ2n) is 7.57. The molecule has 2 saturated carbocycles. The minimum Gasteiger partial charge on any atom is -0.474 e. The quantitative estimate of drug-likeness (QED) is 0.344. The van der Waals surface area contributed by atoms with E-state index in [1.165, 1.54) is 19.3 Å². The predicted molar refractivity (Wildman–Crippen MR) is 110 cm³/mol. The number of pyridine rings is 1. The number of aliphatic imine (C=N–C) groups is 1. The molecule has 0 spiro atoms. The molecular formula is C21H33N5O2. The Morgan fingerprint density at radius 3 is 2.68 bits per heavy atom. The number of rotatable bonds is 9. The van der Waals surface area contributed by atoms with E-state index in [4.69, 9.17) is 4.74 Å². The predicted octanol–water partition coefficient (Wildman–Crippen LogP) is 2.37. The first-order chi connectivity index (χ1) is 13.7. The summed E-state index contributed by atoms with van der Waals surface area (Å²) in [5, 5.41) is 9.45. The van der Waals surface area contributed by atoms with Gasteiger partial charge in [-0.3, -0.25) is 4.79 Å². The van der Waals surface area contributed by atoms with Gasteiger partial charge in [0.05, 0.1) is 6.54 Å². The van der Waals surface area contributed by atoms with Crippen LogP contribution in [0.1, 0.15) is 57.4 Å². The summed E-state index contributed by atoms with van der Waals surface area (Å²) in [4.78, 5) is 20.6. The van der Waals surface area contributed by atoms with E-state index in [2.05, 4.69) is 25.9 Å². The minimum absolute atomic E-state index is 0.172. The fraction of sp³-hybridized carbons (Fsp3) is 0.667. The Hall–Kier alpha value is -2.31. The summed E-state index contributed by atoms with van der Waals surface area (Å²) in [6, 6.07) is 3.95. The molecule has 0 saturated heterocycles. The van der Waals surface area contributed by atoms with Crippen LogP contribution in [0.5, 0.6) is 5.88 Å². The molecule has 154 valence electrons. The molecular weight excluding hydrogens is 354 g/mol. The van der Waals surface area contributed by atoms with E-state index < -0.39 is 0 Å². The van der Waals surface area contributed by atoms with Gasteiger partial charge in [0, 0.05) is 37.8 Å². The number of hydrogen-bond donors (Lipinski definition) is 3. The first-order valence-corrected chi connectivity index (χ1v) is 10.7. The van der Waals surface area contributed by atoms with Crippen LogP contribution in [0.2, 0.25) is 0 Å². The van der Waals surface area contributed by atoms with Crippen LogP contribution < -0.4 is 20.7 Å². The molecule has 2 aliphatic rings. The summed E-state index contributed by atoms with van der Waals surface area (Å²) < 4.78 is 6.05. The third-order valence-electron chi connectivity index (χ3n) is 5.07. The van der Waals surface area contributed by atoms with Crippen molar-refractivity contribution in [3.63, 3.8) is 0 Å². The maximum atomic E-state index is 11.7. The van der Waals surface area contributed by atoms with Gasteiger partial charge in [-0.1, -0.05) is 6.42 Å². The number of amides is 1. The second kappa shape index (κ2) is 10.9. The van der Waals surface area contributed by atoms with Crippen molar-refractivity contribution in [2.75, 3.05) is 19.6 Å². The molecule has 0 bridgehead atoms. The lowest BCUT2D eigenvalue weighted by Gasteiger charge is -2.22. The molecule has 1 heterocycles. The topological polar surface area (TPSA) is 87.6 Å². The normalized spacial score (nSPS) is 17.8. The van der Waals surface area contributed by atoms with Crippen LogP contribution >= 0.6 is 0 Å². The number of ether oxygens (including phenoxy) is 1. The number of hydrogen-bond acceptors (Lipinski definition) is 4. The van der Waals surface area contributed by atoms with E-state index in [1.807, 2.05) is 19.1 Å². The lowest BCUT2D eigenvalue weighted by Crippen LogP contribution is -2.41. The lowest BCUT2D eigenvalue weighted by atomic mass is 9.98. The van der Waals surface area contributed by atoms with Crippen LogP contribution in [0.15, 0.2) is 23.3 Å². The van der Waals surface area contributed by atoms with E-state index in [0.717, 1.165) is 43.8 Å². The Bertz CT molecular complexity index is 654. The summed E-state index contributed by atoms with van der Waals surface area (Å²) in [5.41, 5.74) is 1.07. The number of nitrogens with one attached hydrogen (secondary N) is 3. The number of carbonyl (C=O) groups is 1. The van der Waals surface area contributed by atoms with Gasteiger partial charge < -0.3 is 20.7 Å². The lowest BCUT2D eigenvalue weighted by molar-refractivity contribution is -0.122. The highest BCUT2D eigenvalue weighted by molar-refractivity contribution is 5.81. The SMILES string of the molecule is CCNC(=NCc1ccnc(OC2CCCCC2)c1)NCCNC(=O)C1CC1. The van der Waals surface area contributed by atoms with Gasteiger partial charge in [-0.05, 0) is 57.1 Å². The van der Waals surface area contributed by atoms with Crippen LogP contribution in [0.3, 0.4) is 0 Å². The van der Waals surface area contributed by atoms with Gasteiger partial charge in [0.15, 0.2) is 5.96 Å². The zero-order valence-corrected chi connectivity index (χ0v) is 16.9. The fourth-order valence-electron chi connectivity index (χ4n) is 3.34. The van der Waals surface area contributed by atoms with Gasteiger partial charge in [-0.25, -0.2) is 9.98 Å². The maximum Gasteiger partial charge on any atom is 0.223 e. The van der Waals surface area contributed by atoms with Crippen molar-refractivity contribution in [1.29, 1.82) is 0 Å². The van der Waals surface area contributed by atoms with Gasteiger partial charge in [0.2, 0.25) is 11.8 Å². The Morgan fingerprint density at radius 2 is 1.93 bits per heavy atom. The molecule has 3 rings (SSSR count). The van der Waals surface area contributed by atoms with Crippen molar-refractivity contribution in [3.05, 3.63) is 23.9 Å². The van der Waals surface area contributed by atoms with Gasteiger partial charge in [-0.2, -0.15) is 0 Å². The van der Waals surface area contributed by atoms with Crippen LogP contribution in [0.4, 0.5) is 0 Å². The monoisotopic (exact) mass is 387 g/mol. The fourth-order valence-corrected chi connectivity index (χ4v) is 3.34. The molecule has 0 aliphatic heterocycles. The smallest absolute Gasteiger partial charge is 0.223 e. The van der Waals surface area contributed by atoms with Crippen molar-refractivity contribution in [2.45, 2.75) is 64.5 Å². The molecule has 1 aromatic heterocycles. The van der Waals surface area contributed by atoms with Crippen molar-refractivity contribution < 1.29 is 9.53 Å². The molecule has 3 N–H and O–H groups in total. The van der Waals surface area contributed by atoms with E-state index >= 15 is 0 Å². The molecule has 0 atom stereocenters. The molecule has 0 unspecified atom stereocenters. The Morgan fingerprint density at radius 1 is 1.14 bits per heavy atom. The van der Waals surface area contributed by atoms with Gasteiger partial charge in [-0.15, -0.1) is 0 Å². The average Bonchev–Trinajstić information content (AvgIpc) is 3.56. The van der Waals surface area contributed by atoms with E-state index in [9.17, 15) is 4.79 Å². The highest BCUT2D eigenvalue weighted by atomic mass is 16.5. The zero-order chi connectivity index (χ0) is 19.6. The van der Waals surface area contributed by atoms with Gasteiger partial charge in [0.25, 0.3) is 0 Å². The van der Waals surface area contributed by atoms with Crippen molar-refractivity contribution in [1.82, 2.24) is 20.9 Å². The highest BCUT2D eigenvalue weighted by Gasteiger charge is 2.28. The van der Waals surface area contributed by atoms with E-state index in [-0.39, 0.29) is 11.8 Å². The molecule has 1 amide bonds. The molecule has 1 aromatic rings. The van der Waals surface area contributed by atoms with Crippen LogP contribution in [-0.4, -0.2) is 42.6 Å². The van der Waals surface area contributed by atoms with Crippen molar-refractivity contribution in [2.24, 2.45) is 10.9 Å². The Labute approximate surface area is 167 Å². The summed E-state index contributed by atoms with van der Waals surface area (Å²) >= 11 is 0. The Kier molecular flexibility index (Phi) is 7.94. The van der Waals surface area contributed by atoms with Crippen LogP contribution in [0.25, 0.3) is 0 Å². The standard InChI is InChI=1S/C21H33N5O2/c1-2-22-21(25-13-12-24-20(27)17-8-9-17)26-15-16-10-11-23-19(14-16)28-18-6-4-3-5-7-18/h10-11,14,17-18H,2-9,12-13,15H2,1H3,(H,24,27)(H2,22,25,26). The minimum atomic E-state index is 0.172. The number of aromatic nitrogens is 1. The van der Waals surface area contributed by atoms with Crippen molar-refractivity contribution in [3.8, 4) is 5.88 Å². The summed E-state index contributed by atoms with van der Waals surface area (Å²) in [5.74, 6) is 1.86. The molecule has 28 heavy (non-hydrogen) atoms. The second-order valence-corrected chi connectivity index (χ2v) is 7.57. The molecule has 0 radical (unpaired) electrons. The number of nitrogens with zero attached hydrogens (tertiary/aromatic N) is 2. The first-order valence-electron chi connectivity index (χ1n) is 10.7. The molecule has 0 aromatic carbocycles. The molecule has 2 aliphatic carbocycles. The van der Waals surface area contributed by atoms with Gasteiger partial charge in [0.1, 0.15) is 6.10 Å². The summed E-state index contributed by atoms with van der Waals surface area (Å²) in [7, 11) is 0. The third-order valence-corrected chi connectivity index (χ3v) is 5.07. The van der Waals surface area contributed by atoms with Crippen LogP contribution in [0, 0.1) is 5.92 Å². The largest absolute Gasteiger partial charge is 0.474 e. The molecule has 7 heteroatoms. The number of guanidine groups is 1. The van der Waals surface area contributed by atoms with E-state index in [0.29, 0.717) is 31.6 Å². The van der Waals surface area contributed by atoms with E-state index in [1.54, 1.807) is 6.20 Å². The molecule has 2 fully saturated rings. The maximum absolute atomic E-state index is 11.7. The van der Waals surface area contributed by atoms with Gasteiger partial charge >= 0.3 is 0 Å². The average molecular weight is 388 g/mol. The Balaban J connectivity index is 1.45. The highest BCUT2D eigenvalue weighted by Crippen LogP contribution is 2.28. The molecule has 7 nitrogen and oxygen atoms in total. The summed E-state index contributed by atoms with van der Waals surface area (Å²) in [6.07, 6.45) is 10.2.